The first-order chi connectivity index (χ1) is 14.6. The third kappa shape index (κ3) is 7.35. The predicted molar refractivity (Wildman–Crippen MR) is 117 cm³/mol. The number of amides is 1. The fraction of sp³-hybridized carbons (Fsp3) is 0.458. The molecule has 1 aliphatic rings. The van der Waals surface area contributed by atoms with Crippen LogP contribution >= 0.6 is 0 Å². The highest BCUT2D eigenvalue weighted by Crippen LogP contribution is 2.23. The first-order valence-corrected chi connectivity index (χ1v) is 10.7. The van der Waals surface area contributed by atoms with E-state index < -0.39 is 18.2 Å². The van der Waals surface area contributed by atoms with E-state index in [1.165, 1.54) is 25.7 Å². The number of aliphatic hydroxyl groups is 1. The lowest BCUT2D eigenvalue weighted by molar-refractivity contribution is 0.117. The fourth-order valence-electron chi connectivity index (χ4n) is 3.95. The summed E-state index contributed by atoms with van der Waals surface area (Å²) in [6, 6.07) is 17.0. The Hall–Kier alpha value is -2.57. The zero-order valence-electron chi connectivity index (χ0n) is 17.3. The van der Waals surface area contributed by atoms with Crippen molar-refractivity contribution in [2.24, 2.45) is 5.92 Å². The lowest BCUT2D eigenvalue weighted by Gasteiger charge is -2.24. The van der Waals surface area contributed by atoms with Crippen molar-refractivity contribution in [3.8, 4) is 5.75 Å². The zero-order valence-corrected chi connectivity index (χ0v) is 17.3. The van der Waals surface area contributed by atoms with Crippen molar-refractivity contribution in [2.45, 2.75) is 50.9 Å². The molecule has 2 aromatic rings. The number of hydrogen-bond acceptors (Lipinski definition) is 4. The number of ether oxygens (including phenoxy) is 1. The van der Waals surface area contributed by atoms with E-state index >= 15 is 0 Å². The van der Waals surface area contributed by atoms with Crippen molar-refractivity contribution in [1.29, 1.82) is 0 Å². The average molecular weight is 413 g/mol. The Morgan fingerprint density at radius 2 is 1.73 bits per heavy atom. The van der Waals surface area contributed by atoms with Crippen LogP contribution in [0.2, 0.25) is 0 Å². The van der Waals surface area contributed by atoms with Crippen LogP contribution in [0.5, 0.6) is 5.75 Å². The summed E-state index contributed by atoms with van der Waals surface area (Å²) in [5, 5.41) is 25.5. The molecule has 4 N–H and O–H groups in total. The first kappa shape index (κ1) is 22.1. The van der Waals surface area contributed by atoms with Crippen molar-refractivity contribution in [1.82, 2.24) is 10.6 Å². The minimum absolute atomic E-state index is 0.375. The molecule has 30 heavy (non-hydrogen) atoms. The molecule has 0 spiro atoms. The Kier molecular flexibility index (Phi) is 8.53. The van der Waals surface area contributed by atoms with Gasteiger partial charge >= 0.3 is 6.09 Å². The zero-order chi connectivity index (χ0) is 21.2. The van der Waals surface area contributed by atoms with Gasteiger partial charge in [-0.15, -0.1) is 0 Å². The van der Waals surface area contributed by atoms with Gasteiger partial charge in [-0.3, -0.25) is 0 Å². The molecule has 1 aliphatic carbocycles. The van der Waals surface area contributed by atoms with Crippen molar-refractivity contribution in [3.63, 3.8) is 0 Å². The molecule has 162 valence electrons. The van der Waals surface area contributed by atoms with Gasteiger partial charge < -0.3 is 25.6 Å². The van der Waals surface area contributed by atoms with Gasteiger partial charge in [-0.05, 0) is 55.0 Å². The van der Waals surface area contributed by atoms with Crippen LogP contribution in [-0.4, -0.2) is 41.5 Å². The topological polar surface area (TPSA) is 90.8 Å². The molecular weight excluding hydrogens is 380 g/mol. The number of benzene rings is 2. The number of carboxylic acid groups (broad SMARTS) is 1. The second kappa shape index (κ2) is 11.6. The third-order valence-corrected chi connectivity index (χ3v) is 5.66. The molecule has 1 fully saturated rings. The predicted octanol–water partition coefficient (Wildman–Crippen LogP) is 3.59. The van der Waals surface area contributed by atoms with E-state index in [-0.39, 0.29) is 0 Å². The summed E-state index contributed by atoms with van der Waals surface area (Å²) in [7, 11) is 0. The van der Waals surface area contributed by atoms with Crippen molar-refractivity contribution < 1.29 is 19.7 Å². The Balaban J connectivity index is 1.49. The SMILES string of the molecule is O=C(O)N[C@@H](Cc1ccc(OCc2ccccc2)cc1)[C@H](O)CNCC1CCCC1. The van der Waals surface area contributed by atoms with Gasteiger partial charge in [0.2, 0.25) is 0 Å². The molecule has 1 saturated carbocycles. The van der Waals surface area contributed by atoms with Crippen LogP contribution in [0.1, 0.15) is 36.8 Å². The molecule has 0 saturated heterocycles. The highest BCUT2D eigenvalue weighted by atomic mass is 16.5. The van der Waals surface area contributed by atoms with Crippen molar-refractivity contribution in [2.75, 3.05) is 13.1 Å². The Morgan fingerprint density at radius 3 is 2.40 bits per heavy atom. The van der Waals surface area contributed by atoms with Gasteiger partial charge in [0.15, 0.2) is 0 Å². The minimum atomic E-state index is -1.13. The van der Waals surface area contributed by atoms with E-state index in [1.807, 2.05) is 54.6 Å². The number of hydrogen-bond donors (Lipinski definition) is 4. The van der Waals surface area contributed by atoms with Gasteiger partial charge in [-0.25, -0.2) is 4.79 Å². The summed E-state index contributed by atoms with van der Waals surface area (Å²) >= 11 is 0. The van der Waals surface area contributed by atoms with Crippen LogP contribution in [-0.2, 0) is 13.0 Å². The molecule has 0 aromatic heterocycles. The second-order valence-electron chi connectivity index (χ2n) is 8.05. The summed E-state index contributed by atoms with van der Waals surface area (Å²) < 4.78 is 5.80. The summed E-state index contributed by atoms with van der Waals surface area (Å²) in [6.07, 6.45) is 3.52. The fourth-order valence-corrected chi connectivity index (χ4v) is 3.95. The number of rotatable bonds is 11. The van der Waals surface area contributed by atoms with Gasteiger partial charge in [0.25, 0.3) is 0 Å². The van der Waals surface area contributed by atoms with E-state index in [4.69, 9.17) is 9.84 Å². The van der Waals surface area contributed by atoms with E-state index in [0.29, 0.717) is 25.5 Å². The quantitative estimate of drug-likeness (QED) is 0.453. The molecule has 6 nitrogen and oxygen atoms in total. The smallest absolute Gasteiger partial charge is 0.404 e. The maximum atomic E-state index is 11.2. The molecule has 0 heterocycles. The highest BCUT2D eigenvalue weighted by molar-refractivity contribution is 5.65. The number of aliphatic hydroxyl groups excluding tert-OH is 1. The van der Waals surface area contributed by atoms with E-state index in [1.54, 1.807) is 0 Å². The number of nitrogens with one attached hydrogen (secondary N) is 2. The summed E-state index contributed by atoms with van der Waals surface area (Å²) in [5.74, 6) is 1.43. The van der Waals surface area contributed by atoms with Crippen LogP contribution in [0.15, 0.2) is 54.6 Å². The summed E-state index contributed by atoms with van der Waals surface area (Å²) in [4.78, 5) is 11.2. The van der Waals surface area contributed by atoms with Gasteiger partial charge in [0.05, 0.1) is 12.1 Å². The lowest BCUT2D eigenvalue weighted by Crippen LogP contribution is -2.48. The maximum absolute atomic E-state index is 11.2. The van der Waals surface area contributed by atoms with E-state index in [2.05, 4.69) is 10.6 Å². The molecule has 2 atom stereocenters. The van der Waals surface area contributed by atoms with Crippen LogP contribution < -0.4 is 15.4 Å². The maximum Gasteiger partial charge on any atom is 0.404 e. The standard InChI is InChI=1S/C24H32N2O4/c27-23(16-25-15-19-6-4-5-7-19)22(26-24(28)29)14-18-10-12-21(13-11-18)30-17-20-8-2-1-3-9-20/h1-3,8-13,19,22-23,25-27H,4-7,14-17H2,(H,28,29)/t22-,23+/m0/s1. The van der Waals surface area contributed by atoms with Crippen LogP contribution in [0.4, 0.5) is 4.79 Å². The third-order valence-electron chi connectivity index (χ3n) is 5.66. The molecule has 3 rings (SSSR count). The summed E-state index contributed by atoms with van der Waals surface area (Å²) in [5.41, 5.74) is 2.04. The van der Waals surface area contributed by atoms with Crippen molar-refractivity contribution >= 4 is 6.09 Å². The van der Waals surface area contributed by atoms with E-state index in [0.717, 1.165) is 23.4 Å². The van der Waals surface area contributed by atoms with Gasteiger partial charge in [-0.1, -0.05) is 55.3 Å². The van der Waals surface area contributed by atoms with Gasteiger partial charge in [0.1, 0.15) is 12.4 Å². The second-order valence-corrected chi connectivity index (χ2v) is 8.05. The van der Waals surface area contributed by atoms with Gasteiger partial charge in [0, 0.05) is 6.54 Å². The molecule has 2 aromatic carbocycles. The molecule has 0 radical (unpaired) electrons. The van der Waals surface area contributed by atoms with Gasteiger partial charge in [-0.2, -0.15) is 0 Å². The normalized spacial score (nSPS) is 16.2. The molecule has 0 bridgehead atoms. The first-order valence-electron chi connectivity index (χ1n) is 10.7. The van der Waals surface area contributed by atoms with Crippen LogP contribution in [0.25, 0.3) is 0 Å². The monoisotopic (exact) mass is 412 g/mol. The van der Waals surface area contributed by atoms with Crippen LogP contribution in [0.3, 0.4) is 0 Å². The molecular formula is C24H32N2O4. The molecule has 0 unspecified atom stereocenters. The Morgan fingerprint density at radius 1 is 1.03 bits per heavy atom. The molecule has 0 aliphatic heterocycles. The lowest BCUT2D eigenvalue weighted by atomic mass is 10.0. The number of carbonyl (C=O) groups is 1. The molecule has 6 heteroatoms. The molecule has 1 amide bonds. The van der Waals surface area contributed by atoms with Crippen LogP contribution in [0, 0.1) is 5.92 Å². The Labute approximate surface area is 178 Å². The highest BCUT2D eigenvalue weighted by Gasteiger charge is 2.22. The van der Waals surface area contributed by atoms with E-state index in [9.17, 15) is 9.90 Å². The summed E-state index contributed by atoms with van der Waals surface area (Å²) in [6.45, 7) is 1.75. The van der Waals surface area contributed by atoms with Crippen molar-refractivity contribution in [3.05, 3.63) is 65.7 Å². The Bertz CT molecular complexity index is 761. The minimum Gasteiger partial charge on any atom is -0.489 e. The largest absolute Gasteiger partial charge is 0.489 e. The average Bonchev–Trinajstić information content (AvgIpc) is 3.27.